The van der Waals surface area contributed by atoms with Crippen molar-refractivity contribution in [1.29, 1.82) is 0 Å². The summed E-state index contributed by atoms with van der Waals surface area (Å²) in [5, 5.41) is 3.77. The first kappa shape index (κ1) is 9.49. The van der Waals surface area contributed by atoms with Gasteiger partial charge in [-0.3, -0.25) is 4.40 Å². The Morgan fingerprint density at radius 1 is 1.50 bits per heavy atom. The molecular weight excluding hydrogens is 198 g/mol. The van der Waals surface area contributed by atoms with Crippen LogP contribution in [0, 0.1) is 0 Å². The van der Waals surface area contributed by atoms with Crippen LogP contribution in [0.2, 0.25) is 5.15 Å². The van der Waals surface area contributed by atoms with E-state index in [-0.39, 0.29) is 0 Å². The standard InChI is InChI=1S/C10H12ClN3/c1-12-5-4-8-2-3-10-13-6-9(11)14(10)7-8/h2-3,6-7,12H,4-5H2,1H3. The first-order chi connectivity index (χ1) is 6.81. The fraction of sp³-hybridized carbons (Fsp3) is 0.300. The van der Waals surface area contributed by atoms with Gasteiger partial charge in [0, 0.05) is 6.20 Å². The van der Waals surface area contributed by atoms with Gasteiger partial charge in [-0.1, -0.05) is 17.7 Å². The van der Waals surface area contributed by atoms with Crippen molar-refractivity contribution in [2.75, 3.05) is 13.6 Å². The lowest BCUT2D eigenvalue weighted by molar-refractivity contribution is 0.788. The van der Waals surface area contributed by atoms with Crippen molar-refractivity contribution >= 4 is 17.2 Å². The van der Waals surface area contributed by atoms with Gasteiger partial charge in [0.2, 0.25) is 0 Å². The zero-order chi connectivity index (χ0) is 9.97. The van der Waals surface area contributed by atoms with Crippen LogP contribution in [-0.2, 0) is 6.42 Å². The molecule has 2 heterocycles. The molecule has 0 amide bonds. The van der Waals surface area contributed by atoms with E-state index in [0.29, 0.717) is 5.15 Å². The minimum Gasteiger partial charge on any atom is -0.319 e. The molecule has 0 atom stereocenters. The van der Waals surface area contributed by atoms with Crippen molar-refractivity contribution < 1.29 is 0 Å². The number of likely N-dealkylation sites (N-methyl/N-ethyl adjacent to an activating group) is 1. The molecule has 0 saturated heterocycles. The van der Waals surface area contributed by atoms with Crippen molar-refractivity contribution in [3.8, 4) is 0 Å². The molecular formula is C10H12ClN3. The summed E-state index contributed by atoms with van der Waals surface area (Å²) >= 11 is 5.96. The molecule has 0 spiro atoms. The van der Waals surface area contributed by atoms with Crippen molar-refractivity contribution in [1.82, 2.24) is 14.7 Å². The van der Waals surface area contributed by atoms with E-state index in [9.17, 15) is 0 Å². The number of fused-ring (bicyclic) bond motifs is 1. The second-order valence-corrected chi connectivity index (χ2v) is 3.59. The maximum absolute atomic E-state index is 5.96. The number of hydrogen-bond donors (Lipinski definition) is 1. The fourth-order valence-electron chi connectivity index (χ4n) is 1.41. The van der Waals surface area contributed by atoms with E-state index < -0.39 is 0 Å². The van der Waals surface area contributed by atoms with Gasteiger partial charge in [-0.15, -0.1) is 0 Å². The van der Waals surface area contributed by atoms with Crippen LogP contribution < -0.4 is 5.32 Å². The van der Waals surface area contributed by atoms with Crippen LogP contribution in [-0.4, -0.2) is 23.0 Å². The molecule has 0 aliphatic heterocycles. The van der Waals surface area contributed by atoms with E-state index in [1.54, 1.807) is 6.20 Å². The highest BCUT2D eigenvalue weighted by Crippen LogP contribution is 2.13. The number of nitrogens with one attached hydrogen (secondary N) is 1. The second kappa shape index (κ2) is 3.98. The third-order valence-corrected chi connectivity index (χ3v) is 2.47. The lowest BCUT2D eigenvalue weighted by Crippen LogP contribution is -2.10. The van der Waals surface area contributed by atoms with E-state index in [0.717, 1.165) is 18.6 Å². The smallest absolute Gasteiger partial charge is 0.137 e. The Morgan fingerprint density at radius 2 is 2.36 bits per heavy atom. The average Bonchev–Trinajstić information content (AvgIpc) is 2.57. The van der Waals surface area contributed by atoms with Crippen LogP contribution in [0.4, 0.5) is 0 Å². The highest BCUT2D eigenvalue weighted by atomic mass is 35.5. The van der Waals surface area contributed by atoms with E-state index in [1.807, 2.05) is 23.7 Å². The Labute approximate surface area is 87.7 Å². The van der Waals surface area contributed by atoms with Crippen molar-refractivity contribution in [3.05, 3.63) is 35.2 Å². The summed E-state index contributed by atoms with van der Waals surface area (Å²) < 4.78 is 1.90. The zero-order valence-electron chi connectivity index (χ0n) is 8.00. The molecule has 0 aromatic carbocycles. The van der Waals surface area contributed by atoms with Crippen molar-refractivity contribution in [3.63, 3.8) is 0 Å². The van der Waals surface area contributed by atoms with Gasteiger partial charge < -0.3 is 5.32 Å². The van der Waals surface area contributed by atoms with Gasteiger partial charge in [-0.05, 0) is 31.6 Å². The molecule has 0 bridgehead atoms. The van der Waals surface area contributed by atoms with E-state index in [2.05, 4.69) is 16.4 Å². The molecule has 1 N–H and O–H groups in total. The molecule has 0 saturated carbocycles. The Hall–Kier alpha value is -1.06. The van der Waals surface area contributed by atoms with Crippen LogP contribution in [0.5, 0.6) is 0 Å². The lowest BCUT2D eigenvalue weighted by atomic mass is 10.2. The third kappa shape index (κ3) is 1.74. The van der Waals surface area contributed by atoms with Gasteiger partial charge in [0.05, 0.1) is 6.20 Å². The normalized spacial score (nSPS) is 11.0. The Bertz CT molecular complexity index is 436. The number of rotatable bonds is 3. The molecule has 2 rings (SSSR count). The van der Waals surface area contributed by atoms with E-state index in [1.165, 1.54) is 5.56 Å². The SMILES string of the molecule is CNCCc1ccc2ncc(Cl)n2c1. The Balaban J connectivity index is 2.34. The van der Waals surface area contributed by atoms with Crippen LogP contribution >= 0.6 is 11.6 Å². The molecule has 74 valence electrons. The van der Waals surface area contributed by atoms with Gasteiger partial charge in [-0.2, -0.15) is 0 Å². The first-order valence-corrected chi connectivity index (χ1v) is 4.95. The zero-order valence-corrected chi connectivity index (χ0v) is 8.75. The quantitative estimate of drug-likeness (QED) is 0.835. The number of imidazole rings is 1. The molecule has 0 aliphatic carbocycles. The average molecular weight is 210 g/mol. The molecule has 0 radical (unpaired) electrons. The largest absolute Gasteiger partial charge is 0.319 e. The maximum Gasteiger partial charge on any atom is 0.137 e. The van der Waals surface area contributed by atoms with Crippen LogP contribution in [0.15, 0.2) is 24.5 Å². The molecule has 2 aromatic heterocycles. The number of hydrogen-bond acceptors (Lipinski definition) is 2. The summed E-state index contributed by atoms with van der Waals surface area (Å²) in [4.78, 5) is 4.16. The van der Waals surface area contributed by atoms with Gasteiger partial charge >= 0.3 is 0 Å². The third-order valence-electron chi connectivity index (χ3n) is 2.19. The monoisotopic (exact) mass is 209 g/mol. The highest BCUT2D eigenvalue weighted by molar-refractivity contribution is 6.29. The predicted molar refractivity (Wildman–Crippen MR) is 57.8 cm³/mol. The molecule has 2 aromatic rings. The summed E-state index contributed by atoms with van der Waals surface area (Å²) in [6.45, 7) is 0.970. The number of halogens is 1. The first-order valence-electron chi connectivity index (χ1n) is 4.57. The minimum atomic E-state index is 0.659. The molecule has 0 aliphatic rings. The summed E-state index contributed by atoms with van der Waals surface area (Å²) in [5.74, 6) is 0. The van der Waals surface area contributed by atoms with Crippen LogP contribution in [0.25, 0.3) is 5.65 Å². The van der Waals surface area contributed by atoms with Gasteiger partial charge in [0.1, 0.15) is 10.8 Å². The number of aromatic nitrogens is 2. The molecule has 0 unspecified atom stereocenters. The van der Waals surface area contributed by atoms with Crippen LogP contribution in [0.3, 0.4) is 0 Å². The predicted octanol–water partition coefficient (Wildman–Crippen LogP) is 1.75. The Kier molecular flexibility index (Phi) is 2.70. The maximum atomic E-state index is 5.96. The fourth-order valence-corrected chi connectivity index (χ4v) is 1.60. The summed E-state index contributed by atoms with van der Waals surface area (Å²) in [6.07, 6.45) is 4.70. The Morgan fingerprint density at radius 3 is 3.14 bits per heavy atom. The topological polar surface area (TPSA) is 29.3 Å². The number of pyridine rings is 1. The second-order valence-electron chi connectivity index (χ2n) is 3.20. The summed E-state index contributed by atoms with van der Waals surface area (Å²) in [6, 6.07) is 4.06. The van der Waals surface area contributed by atoms with Gasteiger partial charge in [0.25, 0.3) is 0 Å². The minimum absolute atomic E-state index is 0.659. The van der Waals surface area contributed by atoms with Gasteiger partial charge in [0.15, 0.2) is 0 Å². The number of nitrogens with zero attached hydrogens (tertiary/aromatic N) is 2. The summed E-state index contributed by atoms with van der Waals surface area (Å²) in [7, 11) is 1.95. The van der Waals surface area contributed by atoms with E-state index in [4.69, 9.17) is 11.6 Å². The molecule has 14 heavy (non-hydrogen) atoms. The lowest BCUT2D eigenvalue weighted by Gasteiger charge is -2.02. The van der Waals surface area contributed by atoms with Crippen molar-refractivity contribution in [2.45, 2.75) is 6.42 Å². The van der Waals surface area contributed by atoms with Crippen LogP contribution in [0.1, 0.15) is 5.56 Å². The van der Waals surface area contributed by atoms with E-state index >= 15 is 0 Å². The van der Waals surface area contributed by atoms with Crippen molar-refractivity contribution in [2.24, 2.45) is 0 Å². The summed E-state index contributed by atoms with van der Waals surface area (Å²) in [5.41, 5.74) is 2.15. The van der Waals surface area contributed by atoms with Gasteiger partial charge in [-0.25, -0.2) is 4.98 Å². The molecule has 3 nitrogen and oxygen atoms in total. The highest BCUT2D eigenvalue weighted by Gasteiger charge is 2.00. The molecule has 0 fully saturated rings. The molecule has 4 heteroatoms.